The summed E-state index contributed by atoms with van der Waals surface area (Å²) in [5.74, 6) is -2.15. The largest absolute Gasteiger partial charge is 0.444 e. The standard InChI is InChI=1S/C13H16INO7S/c1-13(2,3)22-12(17)15-8-4-5-10(9(14)6-8)21-11(16)7-23(18,19)20/h4-6H,7H2,1-3H3,(H,15,17)(H,18,19,20). The van der Waals surface area contributed by atoms with Gasteiger partial charge in [0.25, 0.3) is 10.1 Å². The summed E-state index contributed by atoms with van der Waals surface area (Å²) in [6, 6.07) is 4.36. The van der Waals surface area contributed by atoms with E-state index in [1.165, 1.54) is 18.2 Å². The van der Waals surface area contributed by atoms with Gasteiger partial charge in [0.05, 0.1) is 3.57 Å². The first kappa shape index (κ1) is 19.6. The predicted molar refractivity (Wildman–Crippen MR) is 91.1 cm³/mol. The molecule has 0 atom stereocenters. The number of esters is 1. The van der Waals surface area contributed by atoms with Gasteiger partial charge in [-0.15, -0.1) is 0 Å². The van der Waals surface area contributed by atoms with Gasteiger partial charge in [0.15, 0.2) is 5.75 Å². The maximum atomic E-state index is 11.6. The van der Waals surface area contributed by atoms with Gasteiger partial charge in [0.2, 0.25) is 0 Å². The Morgan fingerprint density at radius 2 is 1.91 bits per heavy atom. The number of carbonyl (C=O) groups is 2. The number of amides is 1. The number of hydrogen-bond donors (Lipinski definition) is 2. The molecule has 0 spiro atoms. The maximum absolute atomic E-state index is 11.6. The van der Waals surface area contributed by atoms with Crippen molar-refractivity contribution in [2.75, 3.05) is 11.1 Å². The topological polar surface area (TPSA) is 119 Å². The lowest BCUT2D eigenvalue weighted by Gasteiger charge is -2.19. The highest BCUT2D eigenvalue weighted by molar-refractivity contribution is 14.1. The van der Waals surface area contributed by atoms with Crippen molar-refractivity contribution < 1.29 is 32.0 Å². The number of nitrogens with one attached hydrogen (secondary N) is 1. The molecule has 0 aliphatic carbocycles. The number of anilines is 1. The zero-order valence-electron chi connectivity index (χ0n) is 12.6. The Hall–Kier alpha value is -1.40. The van der Waals surface area contributed by atoms with Crippen LogP contribution in [0.5, 0.6) is 5.75 Å². The van der Waals surface area contributed by atoms with Crippen LogP contribution in [0.2, 0.25) is 0 Å². The van der Waals surface area contributed by atoms with E-state index in [0.29, 0.717) is 9.26 Å². The van der Waals surface area contributed by atoms with Crippen molar-refractivity contribution in [3.05, 3.63) is 21.8 Å². The molecule has 0 radical (unpaired) electrons. The molecular formula is C13H16INO7S. The molecule has 128 valence electrons. The fourth-order valence-corrected chi connectivity index (χ4v) is 2.37. The summed E-state index contributed by atoms with van der Waals surface area (Å²) in [5.41, 5.74) is -0.221. The van der Waals surface area contributed by atoms with Gasteiger partial charge in [-0.2, -0.15) is 8.42 Å². The highest BCUT2D eigenvalue weighted by Crippen LogP contribution is 2.25. The fourth-order valence-electron chi connectivity index (χ4n) is 1.38. The van der Waals surface area contributed by atoms with Crippen LogP contribution in [0.15, 0.2) is 18.2 Å². The molecule has 1 aromatic carbocycles. The van der Waals surface area contributed by atoms with Gasteiger partial charge in [0.1, 0.15) is 11.4 Å². The summed E-state index contributed by atoms with van der Waals surface area (Å²) in [6.45, 7) is 5.19. The third-order valence-electron chi connectivity index (χ3n) is 2.10. The summed E-state index contributed by atoms with van der Waals surface area (Å²) in [5, 5.41) is 2.52. The van der Waals surface area contributed by atoms with Crippen LogP contribution in [-0.2, 0) is 19.6 Å². The monoisotopic (exact) mass is 457 g/mol. The minimum absolute atomic E-state index is 0.106. The Bertz CT molecular complexity index is 710. The SMILES string of the molecule is CC(C)(C)OC(=O)Nc1ccc(OC(=O)CS(=O)(=O)O)c(I)c1. The van der Waals surface area contributed by atoms with E-state index < -0.39 is 33.5 Å². The van der Waals surface area contributed by atoms with Crippen LogP contribution in [0, 0.1) is 3.57 Å². The fraction of sp³-hybridized carbons (Fsp3) is 0.385. The molecule has 10 heteroatoms. The van der Waals surface area contributed by atoms with Crippen molar-refractivity contribution in [1.29, 1.82) is 0 Å². The van der Waals surface area contributed by atoms with Gasteiger partial charge in [-0.3, -0.25) is 14.7 Å². The molecule has 2 N–H and O–H groups in total. The number of hydrogen-bond acceptors (Lipinski definition) is 6. The Morgan fingerprint density at radius 3 is 2.39 bits per heavy atom. The maximum Gasteiger partial charge on any atom is 0.412 e. The number of rotatable bonds is 4. The van der Waals surface area contributed by atoms with E-state index in [1.54, 1.807) is 20.8 Å². The molecule has 0 aliphatic heterocycles. The molecule has 0 fully saturated rings. The van der Waals surface area contributed by atoms with Gasteiger partial charge >= 0.3 is 12.1 Å². The van der Waals surface area contributed by atoms with Gasteiger partial charge in [0, 0.05) is 5.69 Å². The van der Waals surface area contributed by atoms with E-state index in [0.717, 1.165) is 0 Å². The van der Waals surface area contributed by atoms with Crippen LogP contribution in [0.4, 0.5) is 10.5 Å². The van der Waals surface area contributed by atoms with Crippen LogP contribution >= 0.6 is 22.6 Å². The molecule has 23 heavy (non-hydrogen) atoms. The third kappa shape index (κ3) is 8.13. The van der Waals surface area contributed by atoms with Crippen LogP contribution in [0.1, 0.15) is 20.8 Å². The average Bonchev–Trinajstić information content (AvgIpc) is 2.27. The summed E-state index contributed by atoms with van der Waals surface area (Å²) < 4.78 is 40.2. The number of benzene rings is 1. The highest BCUT2D eigenvalue weighted by atomic mass is 127. The summed E-state index contributed by atoms with van der Waals surface area (Å²) in [7, 11) is -4.45. The van der Waals surface area contributed by atoms with Crippen LogP contribution in [-0.4, -0.2) is 36.4 Å². The van der Waals surface area contributed by atoms with Crippen molar-refractivity contribution in [2.24, 2.45) is 0 Å². The van der Waals surface area contributed by atoms with Crippen LogP contribution in [0.25, 0.3) is 0 Å². The molecule has 0 aliphatic rings. The van der Waals surface area contributed by atoms with Gasteiger partial charge in [-0.25, -0.2) is 4.79 Å². The second kappa shape index (κ2) is 7.45. The van der Waals surface area contributed by atoms with Crippen molar-refractivity contribution in [3.8, 4) is 5.75 Å². The minimum Gasteiger partial charge on any atom is -0.444 e. The van der Waals surface area contributed by atoms with Crippen LogP contribution < -0.4 is 10.1 Å². The van der Waals surface area contributed by atoms with E-state index >= 15 is 0 Å². The Morgan fingerprint density at radius 1 is 1.30 bits per heavy atom. The van der Waals surface area contributed by atoms with Gasteiger partial charge < -0.3 is 9.47 Å². The number of carbonyl (C=O) groups excluding carboxylic acids is 2. The van der Waals surface area contributed by atoms with E-state index in [9.17, 15) is 18.0 Å². The lowest BCUT2D eigenvalue weighted by Crippen LogP contribution is -2.27. The highest BCUT2D eigenvalue weighted by Gasteiger charge is 2.18. The first-order valence-corrected chi connectivity index (χ1v) is 9.00. The molecular weight excluding hydrogens is 441 g/mol. The normalized spacial score (nSPS) is 11.7. The van der Waals surface area contributed by atoms with Gasteiger partial charge in [-0.1, -0.05) is 0 Å². The molecule has 1 aromatic rings. The Kier molecular flexibility index (Phi) is 6.36. The summed E-state index contributed by atoms with van der Waals surface area (Å²) in [4.78, 5) is 23.0. The molecule has 0 unspecified atom stereocenters. The Balaban J connectivity index is 2.75. The first-order valence-electron chi connectivity index (χ1n) is 6.31. The molecule has 0 saturated carbocycles. The zero-order valence-corrected chi connectivity index (χ0v) is 15.6. The second-order valence-electron chi connectivity index (χ2n) is 5.47. The molecule has 1 rings (SSSR count). The van der Waals surface area contributed by atoms with Crippen LogP contribution in [0.3, 0.4) is 0 Å². The van der Waals surface area contributed by atoms with Crippen molar-refractivity contribution in [1.82, 2.24) is 0 Å². The summed E-state index contributed by atoms with van der Waals surface area (Å²) >= 11 is 1.85. The molecule has 0 aromatic heterocycles. The molecule has 1 amide bonds. The molecule has 0 saturated heterocycles. The van der Waals surface area contributed by atoms with E-state index in [2.05, 4.69) is 5.32 Å². The third-order valence-corrected chi connectivity index (χ3v) is 3.54. The quantitative estimate of drug-likeness (QED) is 0.309. The predicted octanol–water partition coefficient (Wildman–Crippen LogP) is 2.43. The summed E-state index contributed by atoms with van der Waals surface area (Å²) in [6.07, 6.45) is -0.635. The minimum atomic E-state index is -4.45. The average molecular weight is 457 g/mol. The second-order valence-corrected chi connectivity index (χ2v) is 8.09. The van der Waals surface area contributed by atoms with E-state index in [-0.39, 0.29) is 5.75 Å². The molecule has 0 heterocycles. The number of ether oxygens (including phenoxy) is 2. The lowest BCUT2D eigenvalue weighted by atomic mass is 10.2. The first-order chi connectivity index (χ1) is 10.4. The van der Waals surface area contributed by atoms with Gasteiger partial charge in [-0.05, 0) is 61.6 Å². The van der Waals surface area contributed by atoms with Crippen molar-refractivity contribution >= 4 is 50.5 Å². The smallest absolute Gasteiger partial charge is 0.412 e. The molecule has 8 nitrogen and oxygen atoms in total. The lowest BCUT2D eigenvalue weighted by molar-refractivity contribution is -0.131. The zero-order chi connectivity index (χ0) is 17.8. The van der Waals surface area contributed by atoms with E-state index in [1.807, 2.05) is 22.6 Å². The molecule has 0 bridgehead atoms. The number of halogens is 1. The van der Waals surface area contributed by atoms with Crippen molar-refractivity contribution in [3.63, 3.8) is 0 Å². The van der Waals surface area contributed by atoms with E-state index in [4.69, 9.17) is 14.0 Å². The Labute approximate surface area is 147 Å². The van der Waals surface area contributed by atoms with Crippen molar-refractivity contribution in [2.45, 2.75) is 26.4 Å².